The summed E-state index contributed by atoms with van der Waals surface area (Å²) in [5.41, 5.74) is 0.807. The van der Waals surface area contributed by atoms with Crippen LogP contribution in [0.2, 0.25) is 0 Å². The van der Waals surface area contributed by atoms with Gasteiger partial charge in [0.25, 0.3) is 0 Å². The van der Waals surface area contributed by atoms with Crippen molar-refractivity contribution in [1.82, 2.24) is 4.90 Å². The zero-order chi connectivity index (χ0) is 15.4. The summed E-state index contributed by atoms with van der Waals surface area (Å²) < 4.78 is 5.17. The number of halogens is 1. The first kappa shape index (κ1) is 18.4. The van der Waals surface area contributed by atoms with Crippen LogP contribution < -0.4 is 0 Å². The number of piperidine rings is 1. The Morgan fingerprint density at radius 1 is 1.35 bits per heavy atom. The predicted octanol–water partition coefficient (Wildman–Crippen LogP) is 3.19. The number of likely N-dealkylation sites (tertiary alicyclic amines) is 1. The second kappa shape index (κ2) is 11.3. The molecule has 0 bridgehead atoms. The Balaban J connectivity index is 0.00000172. The summed E-state index contributed by atoms with van der Waals surface area (Å²) in [6, 6.07) is 0. The van der Waals surface area contributed by atoms with E-state index in [-0.39, 0.29) is 18.6 Å². The van der Waals surface area contributed by atoms with Crippen molar-refractivity contribution >= 4 is 24.0 Å². The molecule has 0 spiro atoms. The molecule has 0 saturated carbocycles. The molecule has 0 aromatic carbocycles. The van der Waals surface area contributed by atoms with E-state index in [4.69, 9.17) is 4.74 Å². The lowest BCUT2D eigenvalue weighted by Gasteiger charge is -2.28. The van der Waals surface area contributed by atoms with Gasteiger partial charge in [0.15, 0.2) is 0 Å². The zero-order valence-electron chi connectivity index (χ0n) is 11.9. The largest absolute Gasteiger partial charge is 0.445 e. The standard InChI is InChI=1S/C14H19NO3.CH3Cl/c1-3-5-12(4-2)11-18-14(17)15-8-6-13(10-16)7-9-15;1-2/h3-5,10,13H,1-2,6-9,11H2;1H3/b12-5+;. The number of allylic oxidation sites excluding steroid dienone is 2. The quantitative estimate of drug-likeness (QED) is 0.445. The molecule has 1 heterocycles. The number of rotatable bonds is 5. The van der Waals surface area contributed by atoms with Gasteiger partial charge in [0.2, 0.25) is 0 Å². The summed E-state index contributed by atoms with van der Waals surface area (Å²) in [7, 11) is 0. The van der Waals surface area contributed by atoms with Gasteiger partial charge >= 0.3 is 6.09 Å². The van der Waals surface area contributed by atoms with Crippen LogP contribution in [-0.4, -0.2) is 43.4 Å². The van der Waals surface area contributed by atoms with E-state index in [9.17, 15) is 9.59 Å². The van der Waals surface area contributed by atoms with Gasteiger partial charge < -0.3 is 14.4 Å². The molecule has 0 N–H and O–H groups in total. The van der Waals surface area contributed by atoms with Crippen LogP contribution in [0.4, 0.5) is 4.79 Å². The van der Waals surface area contributed by atoms with Gasteiger partial charge in [0.05, 0.1) is 0 Å². The highest BCUT2D eigenvalue weighted by Gasteiger charge is 2.23. The number of alkyl halides is 1. The fourth-order valence-electron chi connectivity index (χ4n) is 1.78. The number of hydrogen-bond donors (Lipinski definition) is 0. The highest BCUT2D eigenvalue weighted by atomic mass is 35.5. The molecule has 1 fully saturated rings. The second-order valence-electron chi connectivity index (χ2n) is 4.20. The molecule has 0 unspecified atom stereocenters. The van der Waals surface area contributed by atoms with Gasteiger partial charge in [-0.3, -0.25) is 0 Å². The average Bonchev–Trinajstić information content (AvgIpc) is 2.53. The smallest absolute Gasteiger partial charge is 0.410 e. The lowest BCUT2D eigenvalue weighted by atomic mass is 9.99. The van der Waals surface area contributed by atoms with Crippen molar-refractivity contribution in [3.8, 4) is 0 Å². The number of carbonyl (C=O) groups is 2. The summed E-state index contributed by atoms with van der Waals surface area (Å²) in [5.74, 6) is 0.0819. The van der Waals surface area contributed by atoms with Crippen molar-refractivity contribution in [3.05, 3.63) is 37.0 Å². The minimum atomic E-state index is -0.337. The summed E-state index contributed by atoms with van der Waals surface area (Å²) in [5, 5.41) is 0. The third kappa shape index (κ3) is 6.57. The van der Waals surface area contributed by atoms with Crippen molar-refractivity contribution < 1.29 is 14.3 Å². The molecule has 1 aliphatic heterocycles. The van der Waals surface area contributed by atoms with Crippen molar-refractivity contribution in [3.63, 3.8) is 0 Å². The first-order chi connectivity index (χ1) is 9.71. The van der Waals surface area contributed by atoms with E-state index in [1.165, 1.54) is 6.38 Å². The SMILES string of the molecule is C=C/C=C(\C=C)COC(=O)N1CCC(C=O)CC1.CCl. The molecule has 0 atom stereocenters. The van der Waals surface area contributed by atoms with E-state index in [2.05, 4.69) is 24.8 Å². The summed E-state index contributed by atoms with van der Waals surface area (Å²) in [6.07, 6.45) is 8.54. The minimum absolute atomic E-state index is 0.0819. The molecule has 1 aliphatic rings. The van der Waals surface area contributed by atoms with Gasteiger partial charge in [-0.1, -0.05) is 31.4 Å². The van der Waals surface area contributed by atoms with E-state index in [0.717, 1.165) is 24.7 Å². The van der Waals surface area contributed by atoms with Gasteiger partial charge in [-0.2, -0.15) is 0 Å². The van der Waals surface area contributed by atoms with Crippen LogP contribution in [0.3, 0.4) is 0 Å². The van der Waals surface area contributed by atoms with Crippen LogP contribution in [-0.2, 0) is 9.53 Å². The van der Waals surface area contributed by atoms with E-state index in [0.29, 0.717) is 13.1 Å². The molecule has 20 heavy (non-hydrogen) atoms. The molecule has 1 rings (SSSR count). The molecule has 4 nitrogen and oxygen atoms in total. The lowest BCUT2D eigenvalue weighted by Crippen LogP contribution is -2.39. The number of carbonyl (C=O) groups excluding carboxylic acids is 2. The van der Waals surface area contributed by atoms with Crippen LogP contribution in [0.25, 0.3) is 0 Å². The van der Waals surface area contributed by atoms with Crippen LogP contribution >= 0.6 is 11.6 Å². The van der Waals surface area contributed by atoms with E-state index < -0.39 is 0 Å². The van der Waals surface area contributed by atoms with Gasteiger partial charge in [-0.25, -0.2) is 4.79 Å². The second-order valence-corrected chi connectivity index (χ2v) is 4.20. The van der Waals surface area contributed by atoms with Crippen LogP contribution in [0, 0.1) is 5.92 Å². The average molecular weight is 300 g/mol. The molecule has 0 aliphatic carbocycles. The minimum Gasteiger partial charge on any atom is -0.445 e. The Labute approximate surface area is 125 Å². The highest BCUT2D eigenvalue weighted by Crippen LogP contribution is 2.15. The van der Waals surface area contributed by atoms with Crippen LogP contribution in [0.1, 0.15) is 12.8 Å². The fourth-order valence-corrected chi connectivity index (χ4v) is 1.78. The van der Waals surface area contributed by atoms with Gasteiger partial charge in [-0.05, 0) is 18.4 Å². The number of amides is 1. The first-order valence-electron chi connectivity index (χ1n) is 6.40. The van der Waals surface area contributed by atoms with Crippen LogP contribution in [0.15, 0.2) is 37.0 Å². The number of hydrogen-bond acceptors (Lipinski definition) is 3. The summed E-state index contributed by atoms with van der Waals surface area (Å²) in [4.78, 5) is 24.0. The number of ether oxygens (including phenoxy) is 1. The molecule has 1 saturated heterocycles. The molecule has 1 amide bonds. The van der Waals surface area contributed by atoms with E-state index in [1.54, 1.807) is 23.1 Å². The van der Waals surface area contributed by atoms with Gasteiger partial charge in [0.1, 0.15) is 12.9 Å². The Bertz CT molecular complexity index is 358. The van der Waals surface area contributed by atoms with Crippen molar-refractivity contribution in [1.29, 1.82) is 0 Å². The monoisotopic (exact) mass is 299 g/mol. The predicted molar refractivity (Wildman–Crippen MR) is 82.0 cm³/mol. The van der Waals surface area contributed by atoms with Crippen molar-refractivity contribution in [2.75, 3.05) is 26.1 Å². The van der Waals surface area contributed by atoms with Gasteiger partial charge in [0, 0.05) is 25.4 Å². The maximum Gasteiger partial charge on any atom is 0.410 e. The topological polar surface area (TPSA) is 46.6 Å². The maximum absolute atomic E-state index is 11.7. The van der Waals surface area contributed by atoms with Crippen LogP contribution in [0.5, 0.6) is 0 Å². The third-order valence-electron chi connectivity index (χ3n) is 2.95. The molecule has 0 radical (unpaired) electrons. The third-order valence-corrected chi connectivity index (χ3v) is 2.95. The lowest BCUT2D eigenvalue weighted by molar-refractivity contribution is -0.112. The fraction of sp³-hybridized carbons (Fsp3) is 0.467. The molecular formula is C15H22ClNO3. The Hall–Kier alpha value is -1.55. The first-order valence-corrected chi connectivity index (χ1v) is 7.15. The zero-order valence-corrected chi connectivity index (χ0v) is 12.6. The summed E-state index contributed by atoms with van der Waals surface area (Å²) in [6.45, 7) is 8.56. The number of aldehydes is 1. The van der Waals surface area contributed by atoms with Crippen molar-refractivity contribution in [2.45, 2.75) is 12.8 Å². The normalized spacial score (nSPS) is 15.7. The molecule has 112 valence electrons. The summed E-state index contributed by atoms with van der Waals surface area (Å²) >= 11 is 4.64. The van der Waals surface area contributed by atoms with Crippen molar-refractivity contribution in [2.24, 2.45) is 5.92 Å². The molecule has 0 aromatic rings. The van der Waals surface area contributed by atoms with E-state index in [1.807, 2.05) is 0 Å². The molecular weight excluding hydrogens is 278 g/mol. The van der Waals surface area contributed by atoms with E-state index >= 15 is 0 Å². The highest BCUT2D eigenvalue weighted by molar-refractivity contribution is 6.15. The van der Waals surface area contributed by atoms with Gasteiger partial charge in [-0.15, -0.1) is 11.6 Å². The number of nitrogens with zero attached hydrogens (tertiary/aromatic N) is 1. The molecule has 5 heteroatoms. The Morgan fingerprint density at radius 2 is 1.95 bits per heavy atom. The Kier molecular flexibility index (Phi) is 10.4. The maximum atomic E-state index is 11.7. The molecule has 0 aromatic heterocycles. The Morgan fingerprint density at radius 3 is 2.40 bits per heavy atom.